The molecule has 60 valence electrons. The van der Waals surface area contributed by atoms with Crippen LogP contribution in [0, 0.1) is 0 Å². The second-order valence-corrected chi connectivity index (χ2v) is 4.22. The van der Waals surface area contributed by atoms with E-state index in [9.17, 15) is 0 Å². The van der Waals surface area contributed by atoms with Gasteiger partial charge in [0.15, 0.2) is 5.13 Å². The molecule has 2 N–H and O–H groups in total. The van der Waals surface area contributed by atoms with Crippen molar-refractivity contribution in [2.45, 2.75) is 32.1 Å². The minimum absolute atomic E-state index is 0.688. The fourth-order valence-corrected chi connectivity index (χ4v) is 2.62. The molecule has 1 aromatic heterocycles. The summed E-state index contributed by atoms with van der Waals surface area (Å²) in [6.07, 6.45) is 3.71. The Morgan fingerprint density at radius 3 is 3.18 bits per heavy atom. The highest BCUT2D eigenvalue weighted by Gasteiger charge is 2.19. The fourth-order valence-electron chi connectivity index (χ4n) is 1.65. The number of nitrogens with zero attached hydrogens (tertiary/aromatic N) is 1. The highest BCUT2D eigenvalue weighted by atomic mass is 32.1. The van der Waals surface area contributed by atoms with Crippen LogP contribution in [0.1, 0.15) is 36.3 Å². The quantitative estimate of drug-likeness (QED) is 0.644. The van der Waals surface area contributed by atoms with Gasteiger partial charge in [-0.05, 0) is 25.2 Å². The standard InChI is InChI=1S/C8H12N2S/c1-5-3-2-4-6-7(5)11-8(9)10-6/h5H,2-4H2,1H3,(H2,9,10). The van der Waals surface area contributed by atoms with E-state index >= 15 is 0 Å². The molecule has 11 heavy (non-hydrogen) atoms. The summed E-state index contributed by atoms with van der Waals surface area (Å²) in [7, 11) is 0. The first-order valence-electron chi connectivity index (χ1n) is 4.02. The molecule has 0 radical (unpaired) electrons. The van der Waals surface area contributed by atoms with E-state index in [1.54, 1.807) is 11.3 Å². The third-order valence-corrected chi connectivity index (χ3v) is 3.40. The zero-order valence-electron chi connectivity index (χ0n) is 6.63. The van der Waals surface area contributed by atoms with Crippen molar-refractivity contribution < 1.29 is 0 Å². The van der Waals surface area contributed by atoms with Gasteiger partial charge in [0.2, 0.25) is 0 Å². The summed E-state index contributed by atoms with van der Waals surface area (Å²) in [6, 6.07) is 0. The summed E-state index contributed by atoms with van der Waals surface area (Å²) in [4.78, 5) is 5.72. The van der Waals surface area contributed by atoms with Crippen molar-refractivity contribution in [3.63, 3.8) is 0 Å². The molecule has 2 rings (SSSR count). The fraction of sp³-hybridized carbons (Fsp3) is 0.625. The number of nitrogen functional groups attached to an aromatic ring is 1. The molecule has 3 heteroatoms. The topological polar surface area (TPSA) is 38.9 Å². The number of rotatable bonds is 0. The summed E-state index contributed by atoms with van der Waals surface area (Å²) in [6.45, 7) is 2.26. The normalized spacial score (nSPS) is 23.2. The van der Waals surface area contributed by atoms with E-state index < -0.39 is 0 Å². The Balaban J connectivity index is 2.43. The number of anilines is 1. The van der Waals surface area contributed by atoms with Gasteiger partial charge >= 0.3 is 0 Å². The van der Waals surface area contributed by atoms with E-state index in [0.717, 1.165) is 11.6 Å². The summed E-state index contributed by atoms with van der Waals surface area (Å²) in [5, 5.41) is 0.740. The molecule has 1 atom stereocenters. The van der Waals surface area contributed by atoms with Gasteiger partial charge in [0.05, 0.1) is 5.69 Å². The molecule has 1 aromatic rings. The maximum Gasteiger partial charge on any atom is 0.180 e. The number of aryl methyl sites for hydroxylation is 1. The van der Waals surface area contributed by atoms with E-state index in [4.69, 9.17) is 5.73 Å². The van der Waals surface area contributed by atoms with Crippen LogP contribution in [0.2, 0.25) is 0 Å². The first-order valence-corrected chi connectivity index (χ1v) is 4.84. The number of nitrogens with two attached hydrogens (primary N) is 1. The summed E-state index contributed by atoms with van der Waals surface area (Å²) in [5.74, 6) is 0.688. The molecule has 0 aromatic carbocycles. The molecule has 0 spiro atoms. The van der Waals surface area contributed by atoms with Gasteiger partial charge in [-0.1, -0.05) is 6.92 Å². The van der Waals surface area contributed by atoms with Crippen LogP contribution in [0.5, 0.6) is 0 Å². The molecule has 0 saturated carbocycles. The molecule has 1 heterocycles. The highest BCUT2D eigenvalue weighted by molar-refractivity contribution is 7.15. The van der Waals surface area contributed by atoms with Crippen molar-refractivity contribution >= 4 is 16.5 Å². The smallest absolute Gasteiger partial charge is 0.180 e. The maximum atomic E-state index is 5.63. The number of hydrogen-bond acceptors (Lipinski definition) is 3. The molecular weight excluding hydrogens is 156 g/mol. The first-order chi connectivity index (χ1) is 5.27. The SMILES string of the molecule is CC1CCCc2nc(N)sc21. The van der Waals surface area contributed by atoms with Crippen LogP contribution in [0.4, 0.5) is 5.13 Å². The van der Waals surface area contributed by atoms with E-state index in [-0.39, 0.29) is 0 Å². The molecule has 2 nitrogen and oxygen atoms in total. The summed E-state index contributed by atoms with van der Waals surface area (Å²) in [5.41, 5.74) is 6.88. The molecule has 1 unspecified atom stereocenters. The minimum atomic E-state index is 0.688. The molecule has 0 saturated heterocycles. The first kappa shape index (κ1) is 7.10. The molecule has 0 amide bonds. The van der Waals surface area contributed by atoms with Gasteiger partial charge in [0.25, 0.3) is 0 Å². The zero-order chi connectivity index (χ0) is 7.84. The summed E-state index contributed by atoms with van der Waals surface area (Å²) >= 11 is 1.66. The van der Waals surface area contributed by atoms with E-state index in [1.165, 1.54) is 23.4 Å². The third kappa shape index (κ3) is 1.13. The number of hydrogen-bond donors (Lipinski definition) is 1. The molecule has 0 aliphatic heterocycles. The Morgan fingerprint density at radius 1 is 1.64 bits per heavy atom. The number of thiazole rings is 1. The predicted octanol–water partition coefficient (Wildman–Crippen LogP) is 2.17. The van der Waals surface area contributed by atoms with Gasteiger partial charge in [0.1, 0.15) is 0 Å². The lowest BCUT2D eigenvalue weighted by Gasteiger charge is -2.15. The van der Waals surface area contributed by atoms with Crippen LogP contribution in [-0.4, -0.2) is 4.98 Å². The van der Waals surface area contributed by atoms with Crippen molar-refractivity contribution in [3.05, 3.63) is 10.6 Å². The largest absolute Gasteiger partial charge is 0.375 e. The van der Waals surface area contributed by atoms with Crippen LogP contribution < -0.4 is 5.73 Å². The minimum Gasteiger partial charge on any atom is -0.375 e. The highest BCUT2D eigenvalue weighted by Crippen LogP contribution is 2.35. The van der Waals surface area contributed by atoms with E-state index in [1.807, 2.05) is 0 Å². The molecule has 0 bridgehead atoms. The van der Waals surface area contributed by atoms with Crippen LogP contribution in [0.25, 0.3) is 0 Å². The Bertz CT molecular complexity index is 267. The van der Waals surface area contributed by atoms with Gasteiger partial charge in [-0.2, -0.15) is 0 Å². The van der Waals surface area contributed by atoms with Gasteiger partial charge in [-0.15, -0.1) is 11.3 Å². The van der Waals surface area contributed by atoms with Crippen molar-refractivity contribution in [2.24, 2.45) is 0 Å². The van der Waals surface area contributed by atoms with Crippen molar-refractivity contribution in [1.29, 1.82) is 0 Å². The number of fused-ring (bicyclic) bond motifs is 1. The Morgan fingerprint density at radius 2 is 2.45 bits per heavy atom. The lowest BCUT2D eigenvalue weighted by atomic mass is 9.94. The lowest BCUT2D eigenvalue weighted by Crippen LogP contribution is -2.03. The predicted molar refractivity (Wildman–Crippen MR) is 47.9 cm³/mol. The van der Waals surface area contributed by atoms with E-state index in [2.05, 4.69) is 11.9 Å². The summed E-state index contributed by atoms with van der Waals surface area (Å²) < 4.78 is 0. The molecular formula is C8H12N2S. The van der Waals surface area contributed by atoms with Gasteiger partial charge in [-0.25, -0.2) is 4.98 Å². The lowest BCUT2D eigenvalue weighted by molar-refractivity contribution is 0.593. The van der Waals surface area contributed by atoms with Gasteiger partial charge in [0, 0.05) is 4.88 Å². The van der Waals surface area contributed by atoms with Crippen LogP contribution in [-0.2, 0) is 6.42 Å². The Labute approximate surface area is 70.5 Å². The average Bonchev–Trinajstić information content (AvgIpc) is 2.31. The molecule has 1 aliphatic carbocycles. The van der Waals surface area contributed by atoms with Crippen LogP contribution in [0.15, 0.2) is 0 Å². The van der Waals surface area contributed by atoms with Crippen LogP contribution in [0.3, 0.4) is 0 Å². The van der Waals surface area contributed by atoms with E-state index in [0.29, 0.717) is 5.92 Å². The van der Waals surface area contributed by atoms with Gasteiger partial charge in [-0.3, -0.25) is 0 Å². The molecule has 0 fully saturated rings. The van der Waals surface area contributed by atoms with Crippen molar-refractivity contribution in [2.75, 3.05) is 5.73 Å². The van der Waals surface area contributed by atoms with Gasteiger partial charge < -0.3 is 5.73 Å². The third-order valence-electron chi connectivity index (χ3n) is 2.24. The Kier molecular flexibility index (Phi) is 1.60. The maximum absolute atomic E-state index is 5.63. The number of aromatic nitrogens is 1. The average molecular weight is 168 g/mol. The van der Waals surface area contributed by atoms with Crippen molar-refractivity contribution in [3.8, 4) is 0 Å². The van der Waals surface area contributed by atoms with Crippen LogP contribution >= 0.6 is 11.3 Å². The Hall–Kier alpha value is -0.570. The second-order valence-electron chi connectivity index (χ2n) is 3.16. The molecule has 1 aliphatic rings. The van der Waals surface area contributed by atoms with Crippen molar-refractivity contribution in [1.82, 2.24) is 4.98 Å². The second kappa shape index (κ2) is 2.48. The zero-order valence-corrected chi connectivity index (χ0v) is 7.45. The monoisotopic (exact) mass is 168 g/mol.